The van der Waals surface area contributed by atoms with Crippen molar-refractivity contribution in [2.45, 2.75) is 84.5 Å². The molecule has 3 heterocycles. The van der Waals surface area contributed by atoms with Gasteiger partial charge >= 0.3 is 6.09 Å². The molecule has 0 aliphatic carbocycles. The number of carbonyl (C=O) groups is 2. The third kappa shape index (κ3) is 8.52. The summed E-state index contributed by atoms with van der Waals surface area (Å²) in [5, 5.41) is 13.5. The quantitative estimate of drug-likeness (QED) is 0.250. The average molecular weight is 689 g/mol. The molecule has 2 amide bonds. The maximum atomic E-state index is 13.6. The van der Waals surface area contributed by atoms with Crippen molar-refractivity contribution >= 4 is 37.6 Å². The van der Waals surface area contributed by atoms with Gasteiger partial charge in [-0.2, -0.15) is 10.2 Å². The van der Waals surface area contributed by atoms with Crippen LogP contribution in [0.2, 0.25) is 18.1 Å². The van der Waals surface area contributed by atoms with Gasteiger partial charge in [0.2, 0.25) is 11.8 Å². The van der Waals surface area contributed by atoms with Crippen molar-refractivity contribution in [3.63, 3.8) is 0 Å². The fourth-order valence-corrected chi connectivity index (χ4v) is 6.00. The van der Waals surface area contributed by atoms with Crippen molar-refractivity contribution in [3.05, 3.63) is 47.5 Å². The Kier molecular flexibility index (Phi) is 10.4. The van der Waals surface area contributed by atoms with Crippen LogP contribution in [0.3, 0.4) is 0 Å². The van der Waals surface area contributed by atoms with Crippen molar-refractivity contribution in [3.8, 4) is 23.2 Å². The summed E-state index contributed by atoms with van der Waals surface area (Å²) in [6, 6.07) is 7.75. The Morgan fingerprint density at radius 2 is 1.82 bits per heavy atom. The average Bonchev–Trinajstić information content (AvgIpc) is 3.31. The fourth-order valence-electron chi connectivity index (χ4n) is 4.89. The molecule has 13 nitrogen and oxygen atoms in total. The van der Waals surface area contributed by atoms with E-state index < -0.39 is 25.4 Å². The molecule has 0 bridgehead atoms. The number of benzene rings is 1. The van der Waals surface area contributed by atoms with Crippen LogP contribution in [0.25, 0.3) is 11.3 Å². The predicted molar refractivity (Wildman–Crippen MR) is 191 cm³/mol. The number of likely N-dealkylation sites (N-methyl/N-ethyl adjacent to an activating group) is 1. The second-order valence-corrected chi connectivity index (χ2v) is 20.1. The molecular formula is C35H48N8O5Si. The van der Waals surface area contributed by atoms with E-state index >= 15 is 0 Å². The number of aryl methyl sites for hydroxylation is 1. The van der Waals surface area contributed by atoms with Gasteiger partial charge < -0.3 is 24.1 Å². The SMILES string of the molecule is Cc1ncc(Nc2nccc(-c3cc(C#N)c4c(c3)[C@@](C)(CO[Si](C)(C)C(C)(C)C)CN4C(=O)OC(C)(C)C)n2)c(OCC(=O)N(C)C)n1. The molecule has 1 atom stereocenters. The zero-order valence-corrected chi connectivity index (χ0v) is 31.7. The molecule has 0 saturated carbocycles. The Hall–Kier alpha value is -4.61. The first-order valence-electron chi connectivity index (χ1n) is 16.1. The first kappa shape index (κ1) is 37.2. The summed E-state index contributed by atoms with van der Waals surface area (Å²) in [7, 11) is 1.12. The molecule has 3 aromatic rings. The van der Waals surface area contributed by atoms with E-state index in [-0.39, 0.29) is 35.9 Å². The first-order chi connectivity index (χ1) is 22.6. The number of fused-ring (bicyclic) bond motifs is 1. The number of amides is 2. The molecule has 14 heteroatoms. The highest BCUT2D eigenvalue weighted by molar-refractivity contribution is 6.74. The van der Waals surface area contributed by atoms with Gasteiger partial charge in [-0.15, -0.1) is 0 Å². The Balaban J connectivity index is 1.76. The maximum absolute atomic E-state index is 13.6. The van der Waals surface area contributed by atoms with Crippen molar-refractivity contribution in [2.75, 3.05) is 44.1 Å². The van der Waals surface area contributed by atoms with Crippen LogP contribution < -0.4 is 15.0 Å². The second kappa shape index (κ2) is 13.7. The van der Waals surface area contributed by atoms with E-state index in [1.165, 1.54) is 11.1 Å². The number of nitrogens with one attached hydrogen (secondary N) is 1. The van der Waals surface area contributed by atoms with Gasteiger partial charge in [-0.05, 0) is 69.6 Å². The van der Waals surface area contributed by atoms with E-state index in [2.05, 4.69) is 67.1 Å². The summed E-state index contributed by atoms with van der Waals surface area (Å²) in [5.74, 6) is 0.654. The first-order valence-corrected chi connectivity index (χ1v) is 19.0. The molecule has 2 aromatic heterocycles. The summed E-state index contributed by atoms with van der Waals surface area (Å²) in [5.41, 5.74) is 1.84. The maximum Gasteiger partial charge on any atom is 0.414 e. The summed E-state index contributed by atoms with van der Waals surface area (Å²) in [4.78, 5) is 46.4. The van der Waals surface area contributed by atoms with Crippen LogP contribution in [-0.2, 0) is 19.4 Å². The summed E-state index contributed by atoms with van der Waals surface area (Å²) in [6.07, 6.45) is 2.62. The molecule has 262 valence electrons. The number of ether oxygens (including phenoxy) is 2. The molecule has 1 aliphatic rings. The third-order valence-electron chi connectivity index (χ3n) is 8.73. The molecule has 0 spiro atoms. The van der Waals surface area contributed by atoms with Crippen LogP contribution in [0.1, 0.15) is 65.4 Å². The standard InChI is InChI=1S/C35H48N8O5Si/c1-22-38-18-27(30(39-22)46-19-28(44)42(9)10)41-31-37-14-13-26(40-31)23-15-24(17-36)29-25(16-23)35(8,21-47-49(11,12)34(5,6)7)20-43(29)32(45)48-33(2,3)4/h13-16,18H,19-21H2,1-12H3,(H,37,40,41)/t35-/m1/s1. The molecule has 0 radical (unpaired) electrons. The minimum Gasteiger partial charge on any atom is -0.466 e. The topological polar surface area (TPSA) is 156 Å². The van der Waals surface area contributed by atoms with Gasteiger partial charge in [0.15, 0.2) is 14.9 Å². The van der Waals surface area contributed by atoms with Gasteiger partial charge in [-0.1, -0.05) is 27.7 Å². The second-order valence-electron chi connectivity index (χ2n) is 15.3. The Bertz CT molecular complexity index is 1780. The number of rotatable bonds is 9. The molecule has 0 saturated heterocycles. The van der Waals surface area contributed by atoms with Crippen molar-refractivity contribution in [1.82, 2.24) is 24.8 Å². The van der Waals surface area contributed by atoms with Crippen LogP contribution in [-0.4, -0.2) is 84.6 Å². The Morgan fingerprint density at radius 1 is 1.12 bits per heavy atom. The van der Waals surface area contributed by atoms with Gasteiger partial charge in [0.05, 0.1) is 23.1 Å². The van der Waals surface area contributed by atoms with E-state index in [0.29, 0.717) is 40.6 Å². The number of hydrogen-bond donors (Lipinski definition) is 1. The Labute approximate surface area is 290 Å². The van der Waals surface area contributed by atoms with Gasteiger partial charge in [0.25, 0.3) is 5.91 Å². The highest BCUT2D eigenvalue weighted by atomic mass is 28.4. The lowest BCUT2D eigenvalue weighted by Crippen LogP contribution is -2.46. The van der Waals surface area contributed by atoms with Gasteiger partial charge in [0.1, 0.15) is 23.2 Å². The minimum absolute atomic E-state index is 0.0189. The van der Waals surface area contributed by atoms with E-state index in [1.54, 1.807) is 44.2 Å². The van der Waals surface area contributed by atoms with Gasteiger partial charge in [-0.25, -0.2) is 19.7 Å². The fraction of sp³-hybridized carbons (Fsp3) is 0.514. The van der Waals surface area contributed by atoms with E-state index in [0.717, 1.165) is 5.56 Å². The number of hydrogen-bond acceptors (Lipinski definition) is 11. The summed E-state index contributed by atoms with van der Waals surface area (Å²) < 4.78 is 18.2. The van der Waals surface area contributed by atoms with Gasteiger partial charge in [-0.3, -0.25) is 9.69 Å². The summed E-state index contributed by atoms with van der Waals surface area (Å²) in [6.45, 7) is 20.6. The normalized spacial score (nSPS) is 16.1. The monoisotopic (exact) mass is 688 g/mol. The molecular weight excluding hydrogens is 641 g/mol. The molecule has 4 rings (SSSR count). The molecule has 1 N–H and O–H groups in total. The van der Waals surface area contributed by atoms with Crippen molar-refractivity contribution < 1.29 is 23.5 Å². The lowest BCUT2D eigenvalue weighted by atomic mass is 9.83. The third-order valence-corrected chi connectivity index (χ3v) is 13.2. The van der Waals surface area contributed by atoms with E-state index in [9.17, 15) is 14.9 Å². The summed E-state index contributed by atoms with van der Waals surface area (Å²) >= 11 is 0. The molecule has 0 unspecified atom stereocenters. The Morgan fingerprint density at radius 3 is 2.43 bits per heavy atom. The lowest BCUT2D eigenvalue weighted by Gasteiger charge is -2.39. The molecule has 0 fully saturated rings. The van der Waals surface area contributed by atoms with E-state index in [4.69, 9.17) is 18.9 Å². The van der Waals surface area contributed by atoms with Crippen LogP contribution in [0.4, 0.5) is 22.1 Å². The van der Waals surface area contributed by atoms with Crippen LogP contribution >= 0.6 is 0 Å². The van der Waals surface area contributed by atoms with Crippen molar-refractivity contribution in [1.29, 1.82) is 5.26 Å². The van der Waals surface area contributed by atoms with Crippen molar-refractivity contribution in [2.24, 2.45) is 0 Å². The highest BCUT2D eigenvalue weighted by Crippen LogP contribution is 2.47. The minimum atomic E-state index is -2.17. The lowest BCUT2D eigenvalue weighted by molar-refractivity contribution is -0.130. The number of carbonyl (C=O) groups excluding carboxylic acids is 2. The molecule has 1 aromatic carbocycles. The zero-order valence-electron chi connectivity index (χ0n) is 30.7. The predicted octanol–water partition coefficient (Wildman–Crippen LogP) is 6.36. The van der Waals surface area contributed by atoms with Gasteiger partial charge in [0, 0.05) is 44.4 Å². The number of anilines is 3. The largest absolute Gasteiger partial charge is 0.466 e. The molecule has 49 heavy (non-hydrogen) atoms. The number of nitriles is 1. The smallest absolute Gasteiger partial charge is 0.414 e. The molecule has 1 aliphatic heterocycles. The number of nitrogens with zero attached hydrogens (tertiary/aromatic N) is 7. The number of aromatic nitrogens is 4. The van der Waals surface area contributed by atoms with Crippen LogP contribution in [0.15, 0.2) is 30.6 Å². The highest BCUT2D eigenvalue weighted by Gasteiger charge is 2.47. The van der Waals surface area contributed by atoms with Crippen LogP contribution in [0, 0.1) is 18.3 Å². The van der Waals surface area contributed by atoms with Crippen LogP contribution in [0.5, 0.6) is 5.88 Å². The zero-order chi connectivity index (χ0) is 36.5. The van der Waals surface area contributed by atoms with E-state index in [1.807, 2.05) is 26.8 Å².